The molecular weight excluding hydrogens is 240 g/mol. The zero-order valence-electron chi connectivity index (χ0n) is 10.4. The van der Waals surface area contributed by atoms with E-state index in [1.54, 1.807) is 6.92 Å². The smallest absolute Gasteiger partial charge is 0.314 e. The largest absolute Gasteiger partial charge is 0.481 e. The van der Waals surface area contributed by atoms with Crippen LogP contribution in [0.4, 0.5) is 0 Å². The number of carboxylic acids is 3. The minimum Gasteiger partial charge on any atom is -0.481 e. The lowest BCUT2D eigenvalue weighted by Gasteiger charge is -2.43. The maximum absolute atomic E-state index is 11.4. The molecule has 0 radical (unpaired) electrons. The summed E-state index contributed by atoms with van der Waals surface area (Å²) in [7, 11) is 0. The van der Waals surface area contributed by atoms with Gasteiger partial charge in [0.15, 0.2) is 0 Å². The normalized spacial score (nSPS) is 35.7. The van der Waals surface area contributed by atoms with Crippen LogP contribution >= 0.6 is 0 Å². The van der Waals surface area contributed by atoms with Gasteiger partial charge in [0.05, 0.1) is 16.7 Å². The molecule has 0 heterocycles. The molecule has 0 aromatic heterocycles. The fourth-order valence-electron chi connectivity index (χ4n) is 2.90. The van der Waals surface area contributed by atoms with Crippen LogP contribution in [0.1, 0.15) is 27.2 Å². The SMILES string of the molecule is CC1=CC(C)(C(=O)O)C(C(=O)O)C(C)(C(=O)O)C1. The van der Waals surface area contributed by atoms with Crippen LogP contribution in [-0.4, -0.2) is 33.2 Å². The van der Waals surface area contributed by atoms with E-state index in [1.165, 1.54) is 19.9 Å². The molecule has 0 spiro atoms. The number of aliphatic carboxylic acids is 3. The fraction of sp³-hybridized carbons (Fsp3) is 0.583. The minimum absolute atomic E-state index is 0.0299. The van der Waals surface area contributed by atoms with Crippen molar-refractivity contribution in [2.45, 2.75) is 27.2 Å². The first-order chi connectivity index (χ1) is 8.05. The Morgan fingerprint density at radius 3 is 2.00 bits per heavy atom. The molecule has 0 fully saturated rings. The number of rotatable bonds is 3. The van der Waals surface area contributed by atoms with Crippen LogP contribution in [0.5, 0.6) is 0 Å². The van der Waals surface area contributed by atoms with Crippen molar-refractivity contribution in [3.8, 4) is 0 Å². The maximum Gasteiger partial charge on any atom is 0.314 e. The van der Waals surface area contributed by atoms with Gasteiger partial charge in [0.1, 0.15) is 0 Å². The minimum atomic E-state index is -1.72. The van der Waals surface area contributed by atoms with Crippen molar-refractivity contribution in [3.05, 3.63) is 11.6 Å². The van der Waals surface area contributed by atoms with E-state index in [-0.39, 0.29) is 6.42 Å². The Bertz CT molecular complexity index is 451. The summed E-state index contributed by atoms with van der Waals surface area (Å²) in [4.78, 5) is 34.1. The van der Waals surface area contributed by atoms with Crippen LogP contribution in [-0.2, 0) is 14.4 Å². The van der Waals surface area contributed by atoms with Crippen molar-refractivity contribution < 1.29 is 29.7 Å². The molecule has 0 aromatic carbocycles. The monoisotopic (exact) mass is 256 g/mol. The topological polar surface area (TPSA) is 112 Å². The molecule has 100 valence electrons. The molecule has 0 bridgehead atoms. The van der Waals surface area contributed by atoms with Gasteiger partial charge in [-0.05, 0) is 27.2 Å². The van der Waals surface area contributed by atoms with Crippen LogP contribution in [0.15, 0.2) is 11.6 Å². The molecule has 3 N–H and O–H groups in total. The summed E-state index contributed by atoms with van der Waals surface area (Å²) in [5, 5.41) is 27.8. The Labute approximate surface area is 104 Å². The lowest BCUT2D eigenvalue weighted by molar-refractivity contribution is -0.174. The Hall–Kier alpha value is -1.85. The van der Waals surface area contributed by atoms with Gasteiger partial charge >= 0.3 is 17.9 Å². The average molecular weight is 256 g/mol. The molecule has 1 aliphatic rings. The van der Waals surface area contributed by atoms with Crippen molar-refractivity contribution >= 4 is 17.9 Å². The van der Waals surface area contributed by atoms with E-state index in [0.717, 1.165) is 0 Å². The van der Waals surface area contributed by atoms with Gasteiger partial charge in [0.2, 0.25) is 0 Å². The van der Waals surface area contributed by atoms with Crippen molar-refractivity contribution in [2.24, 2.45) is 16.7 Å². The number of hydrogen-bond donors (Lipinski definition) is 3. The molecule has 0 saturated carbocycles. The van der Waals surface area contributed by atoms with Gasteiger partial charge in [-0.2, -0.15) is 0 Å². The van der Waals surface area contributed by atoms with Gasteiger partial charge < -0.3 is 15.3 Å². The molecule has 18 heavy (non-hydrogen) atoms. The number of allylic oxidation sites excluding steroid dienone is 1. The highest BCUT2D eigenvalue weighted by Crippen LogP contribution is 2.50. The number of carboxylic acid groups (broad SMARTS) is 3. The summed E-state index contributed by atoms with van der Waals surface area (Å²) in [6.07, 6.45) is 1.38. The third-order valence-corrected chi connectivity index (χ3v) is 3.63. The Kier molecular flexibility index (Phi) is 3.25. The van der Waals surface area contributed by atoms with Gasteiger partial charge in [0.25, 0.3) is 0 Å². The standard InChI is InChI=1S/C12H16O6/c1-6-4-11(2,9(15)16)7(8(13)14)12(3,5-6)10(17)18/h4,7H,5H2,1-3H3,(H,13,14)(H,15,16)(H,17,18). The first kappa shape index (κ1) is 14.2. The molecule has 3 unspecified atom stereocenters. The number of hydrogen-bond acceptors (Lipinski definition) is 3. The van der Waals surface area contributed by atoms with E-state index in [0.29, 0.717) is 5.57 Å². The summed E-state index contributed by atoms with van der Waals surface area (Å²) < 4.78 is 0. The molecule has 1 aliphatic carbocycles. The third kappa shape index (κ3) is 1.87. The quantitative estimate of drug-likeness (QED) is 0.654. The third-order valence-electron chi connectivity index (χ3n) is 3.63. The molecule has 0 saturated heterocycles. The van der Waals surface area contributed by atoms with Gasteiger partial charge in [-0.3, -0.25) is 14.4 Å². The average Bonchev–Trinajstić information content (AvgIpc) is 2.14. The first-order valence-corrected chi connectivity index (χ1v) is 5.43. The van der Waals surface area contributed by atoms with Gasteiger partial charge in [-0.15, -0.1) is 0 Å². The molecule has 6 heteroatoms. The molecular formula is C12H16O6. The zero-order chi connectivity index (χ0) is 14.3. The second kappa shape index (κ2) is 4.12. The van der Waals surface area contributed by atoms with Crippen LogP contribution in [0.2, 0.25) is 0 Å². The second-order valence-corrected chi connectivity index (χ2v) is 5.25. The molecule has 6 nitrogen and oxygen atoms in total. The van der Waals surface area contributed by atoms with Crippen molar-refractivity contribution in [1.82, 2.24) is 0 Å². The molecule has 3 atom stereocenters. The molecule has 0 aromatic rings. The lowest BCUT2D eigenvalue weighted by Crippen LogP contribution is -2.53. The van der Waals surface area contributed by atoms with Gasteiger partial charge in [-0.25, -0.2) is 0 Å². The fourth-order valence-corrected chi connectivity index (χ4v) is 2.90. The predicted molar refractivity (Wildman–Crippen MR) is 61.0 cm³/mol. The van der Waals surface area contributed by atoms with E-state index in [4.69, 9.17) is 0 Å². The highest BCUT2D eigenvalue weighted by atomic mass is 16.4. The van der Waals surface area contributed by atoms with Gasteiger partial charge in [0, 0.05) is 0 Å². The van der Waals surface area contributed by atoms with Crippen molar-refractivity contribution in [3.63, 3.8) is 0 Å². The van der Waals surface area contributed by atoms with Crippen LogP contribution in [0.3, 0.4) is 0 Å². The highest BCUT2D eigenvalue weighted by molar-refractivity contribution is 5.91. The lowest BCUT2D eigenvalue weighted by atomic mass is 9.57. The summed E-state index contributed by atoms with van der Waals surface area (Å²) in [6, 6.07) is 0. The molecule has 1 rings (SSSR count). The summed E-state index contributed by atoms with van der Waals surface area (Å²) in [5.74, 6) is -5.55. The van der Waals surface area contributed by atoms with Crippen LogP contribution < -0.4 is 0 Å². The maximum atomic E-state index is 11.4. The predicted octanol–water partition coefficient (Wildman–Crippen LogP) is 1.22. The van der Waals surface area contributed by atoms with Crippen molar-refractivity contribution in [2.75, 3.05) is 0 Å². The van der Waals surface area contributed by atoms with E-state index >= 15 is 0 Å². The van der Waals surface area contributed by atoms with E-state index in [2.05, 4.69) is 0 Å². The molecule has 0 aliphatic heterocycles. The van der Waals surface area contributed by atoms with E-state index < -0.39 is 34.7 Å². The summed E-state index contributed by atoms with van der Waals surface area (Å²) >= 11 is 0. The number of carbonyl (C=O) groups is 3. The first-order valence-electron chi connectivity index (χ1n) is 5.43. The van der Waals surface area contributed by atoms with Crippen LogP contribution in [0, 0.1) is 16.7 Å². The Morgan fingerprint density at radius 1 is 1.17 bits per heavy atom. The zero-order valence-corrected chi connectivity index (χ0v) is 10.4. The van der Waals surface area contributed by atoms with Crippen molar-refractivity contribution in [1.29, 1.82) is 0 Å². The molecule has 0 amide bonds. The Morgan fingerprint density at radius 2 is 1.67 bits per heavy atom. The highest BCUT2D eigenvalue weighted by Gasteiger charge is 2.59. The van der Waals surface area contributed by atoms with E-state index in [9.17, 15) is 29.7 Å². The van der Waals surface area contributed by atoms with Crippen LogP contribution in [0.25, 0.3) is 0 Å². The second-order valence-electron chi connectivity index (χ2n) is 5.25. The van der Waals surface area contributed by atoms with Gasteiger partial charge in [-0.1, -0.05) is 11.6 Å². The summed E-state index contributed by atoms with van der Waals surface area (Å²) in [6.45, 7) is 4.14. The van der Waals surface area contributed by atoms with E-state index in [1.807, 2.05) is 0 Å². The summed E-state index contributed by atoms with van der Waals surface area (Å²) in [5.41, 5.74) is -2.78. The Balaban J connectivity index is 3.53.